The fraction of sp³-hybridized carbons (Fsp3) is 0. The van der Waals surface area contributed by atoms with Gasteiger partial charge in [0.25, 0.3) is 0 Å². The highest BCUT2D eigenvalue weighted by atomic mass is 15.2. The predicted molar refractivity (Wildman–Crippen MR) is 203 cm³/mol. The minimum atomic E-state index is 0.566. The molecule has 6 nitrogen and oxygen atoms in total. The van der Waals surface area contributed by atoms with Gasteiger partial charge in [0.1, 0.15) is 0 Å². The highest BCUT2D eigenvalue weighted by Gasteiger charge is 2.23. The van der Waals surface area contributed by atoms with Gasteiger partial charge in [0.15, 0.2) is 11.6 Å². The lowest BCUT2D eigenvalue weighted by atomic mass is 9.99. The summed E-state index contributed by atoms with van der Waals surface area (Å²) in [5, 5.41) is 4.51. The first-order valence-electron chi connectivity index (χ1n) is 16.7. The maximum atomic E-state index is 5.13. The molecule has 0 N–H and O–H groups in total. The van der Waals surface area contributed by atoms with Crippen molar-refractivity contribution in [2.24, 2.45) is 0 Å². The first-order valence-corrected chi connectivity index (χ1v) is 16.7. The van der Waals surface area contributed by atoms with Gasteiger partial charge in [-0.2, -0.15) is 9.97 Å². The first-order chi connectivity index (χ1) is 24.8. The van der Waals surface area contributed by atoms with Crippen LogP contribution in [-0.4, -0.2) is 29.1 Å². The Balaban J connectivity index is 1.30. The van der Waals surface area contributed by atoms with Crippen molar-refractivity contribution in [1.82, 2.24) is 29.1 Å². The molecule has 0 aliphatic heterocycles. The number of pyridine rings is 1. The van der Waals surface area contributed by atoms with Crippen molar-refractivity contribution in [3.63, 3.8) is 0 Å². The molecule has 0 aliphatic carbocycles. The molecule has 0 saturated carbocycles. The molecule has 6 aromatic carbocycles. The van der Waals surface area contributed by atoms with E-state index in [2.05, 4.69) is 106 Å². The second kappa shape index (κ2) is 11.4. The Morgan fingerprint density at radius 2 is 0.940 bits per heavy atom. The maximum absolute atomic E-state index is 5.13. The van der Waals surface area contributed by atoms with Gasteiger partial charge in [-0.3, -0.25) is 9.55 Å². The molecule has 50 heavy (non-hydrogen) atoms. The van der Waals surface area contributed by atoms with Crippen LogP contribution >= 0.6 is 0 Å². The van der Waals surface area contributed by atoms with Gasteiger partial charge in [0.05, 0.1) is 22.1 Å². The number of para-hydroxylation sites is 3. The number of nitrogens with zero attached hydrogens (tertiary/aromatic N) is 6. The average Bonchev–Trinajstić information content (AvgIpc) is 3.72. The Morgan fingerprint density at radius 1 is 0.380 bits per heavy atom. The quantitative estimate of drug-likeness (QED) is 0.188. The second-order valence-electron chi connectivity index (χ2n) is 12.3. The molecule has 4 heterocycles. The lowest BCUT2D eigenvalue weighted by Gasteiger charge is -2.13. The summed E-state index contributed by atoms with van der Waals surface area (Å²) >= 11 is 0. The molecule has 0 bridgehead atoms. The van der Waals surface area contributed by atoms with Gasteiger partial charge in [-0.15, -0.1) is 0 Å². The topological polar surface area (TPSA) is 61.4 Å². The second-order valence-corrected chi connectivity index (χ2v) is 12.3. The molecule has 0 aliphatic rings. The van der Waals surface area contributed by atoms with Gasteiger partial charge in [-0.05, 0) is 35.9 Å². The van der Waals surface area contributed by atoms with Crippen molar-refractivity contribution in [1.29, 1.82) is 0 Å². The van der Waals surface area contributed by atoms with E-state index in [4.69, 9.17) is 19.9 Å². The minimum absolute atomic E-state index is 0.566. The molecule has 6 heteroatoms. The minimum Gasteiger partial charge on any atom is -0.309 e. The van der Waals surface area contributed by atoms with Crippen molar-refractivity contribution < 1.29 is 0 Å². The molecular formula is C44H28N6. The number of aromatic nitrogens is 6. The lowest BCUT2D eigenvalue weighted by molar-refractivity contribution is 0.953. The highest BCUT2D eigenvalue weighted by Crippen LogP contribution is 2.43. The monoisotopic (exact) mass is 640 g/mol. The average molecular weight is 641 g/mol. The Kier molecular flexibility index (Phi) is 6.39. The SMILES string of the molecule is c1ccc(-c2nc(-c3ccccc3)nc(-n3c4ccccc4c4c(-c5cncc6c7ccccc7n(-c7ccccc7)c56)cccc43)n2)cc1. The molecule has 0 atom stereocenters. The van der Waals surface area contributed by atoms with Crippen molar-refractivity contribution in [2.45, 2.75) is 0 Å². The number of hydrogen-bond donors (Lipinski definition) is 0. The Hall–Kier alpha value is -6.92. The lowest BCUT2D eigenvalue weighted by Crippen LogP contribution is -2.06. The number of hydrogen-bond acceptors (Lipinski definition) is 4. The smallest absolute Gasteiger partial charge is 0.238 e. The van der Waals surface area contributed by atoms with Gasteiger partial charge >= 0.3 is 0 Å². The summed E-state index contributed by atoms with van der Waals surface area (Å²) in [6, 6.07) is 54.4. The fourth-order valence-corrected chi connectivity index (χ4v) is 7.31. The third kappa shape index (κ3) is 4.36. The summed E-state index contributed by atoms with van der Waals surface area (Å²) < 4.78 is 4.54. The van der Waals surface area contributed by atoms with E-state index in [9.17, 15) is 0 Å². The van der Waals surface area contributed by atoms with Crippen molar-refractivity contribution in [3.05, 3.63) is 170 Å². The molecular weight excluding hydrogens is 613 g/mol. The molecule has 10 aromatic rings. The van der Waals surface area contributed by atoms with Crippen LogP contribution in [0.1, 0.15) is 0 Å². The summed E-state index contributed by atoms with van der Waals surface area (Å²) in [6.07, 6.45) is 4.00. The standard InChI is InChI=1S/C44H28N6/c1-4-15-29(16-5-1)42-46-43(30-17-6-2-7-18-30)48-44(47-42)50-38-25-13-11-22-34(38)40-33(23-14-26-39(40)50)36-28-45-27-35-32-21-10-12-24-37(32)49(41(35)36)31-19-8-3-9-20-31/h1-28H. The van der Waals surface area contributed by atoms with Gasteiger partial charge in [0, 0.05) is 56.3 Å². The van der Waals surface area contributed by atoms with E-state index in [1.165, 1.54) is 5.39 Å². The van der Waals surface area contributed by atoms with Crippen molar-refractivity contribution in [3.8, 4) is 45.5 Å². The summed E-state index contributed by atoms with van der Waals surface area (Å²) in [5.41, 5.74) is 9.41. The molecule has 0 saturated heterocycles. The van der Waals surface area contributed by atoms with Crippen LogP contribution < -0.4 is 0 Å². The molecule has 4 aromatic heterocycles. The maximum Gasteiger partial charge on any atom is 0.238 e. The van der Waals surface area contributed by atoms with E-state index < -0.39 is 0 Å². The Morgan fingerprint density at radius 3 is 1.62 bits per heavy atom. The Labute approximate surface area is 287 Å². The zero-order valence-corrected chi connectivity index (χ0v) is 26.8. The van der Waals surface area contributed by atoms with Gasteiger partial charge in [-0.25, -0.2) is 4.98 Å². The molecule has 0 radical (unpaired) electrons. The molecule has 0 spiro atoms. The van der Waals surface area contributed by atoms with Gasteiger partial charge in [0.2, 0.25) is 5.95 Å². The summed E-state index contributed by atoms with van der Waals surface area (Å²) in [5.74, 6) is 1.81. The molecule has 0 amide bonds. The van der Waals surface area contributed by atoms with E-state index in [1.54, 1.807) is 0 Å². The van der Waals surface area contributed by atoms with Gasteiger partial charge in [-0.1, -0.05) is 127 Å². The van der Waals surface area contributed by atoms with E-state index in [1.807, 2.05) is 73.1 Å². The fourth-order valence-electron chi connectivity index (χ4n) is 7.31. The van der Waals surface area contributed by atoms with Crippen LogP contribution in [0.2, 0.25) is 0 Å². The van der Waals surface area contributed by atoms with Crippen LogP contribution in [0, 0.1) is 0 Å². The predicted octanol–water partition coefficient (Wildman–Crippen LogP) is 10.5. The molecule has 10 rings (SSSR count). The zero-order valence-electron chi connectivity index (χ0n) is 26.8. The summed E-state index contributed by atoms with van der Waals surface area (Å²) in [4.78, 5) is 20.1. The summed E-state index contributed by atoms with van der Waals surface area (Å²) in [6.45, 7) is 0. The Bertz CT molecular complexity index is 2800. The number of rotatable bonds is 5. The van der Waals surface area contributed by atoms with Crippen molar-refractivity contribution in [2.75, 3.05) is 0 Å². The van der Waals surface area contributed by atoms with E-state index in [-0.39, 0.29) is 0 Å². The first kappa shape index (κ1) is 28.1. The molecule has 0 unspecified atom stereocenters. The van der Waals surface area contributed by atoms with Crippen LogP contribution in [0.3, 0.4) is 0 Å². The molecule has 0 fully saturated rings. The van der Waals surface area contributed by atoms with Crippen LogP contribution in [0.5, 0.6) is 0 Å². The zero-order chi connectivity index (χ0) is 33.0. The third-order valence-electron chi connectivity index (χ3n) is 9.47. The largest absolute Gasteiger partial charge is 0.309 e. The van der Waals surface area contributed by atoms with Gasteiger partial charge < -0.3 is 4.57 Å². The number of benzene rings is 6. The van der Waals surface area contributed by atoms with Crippen LogP contribution in [0.25, 0.3) is 89.2 Å². The van der Waals surface area contributed by atoms with E-state index >= 15 is 0 Å². The summed E-state index contributed by atoms with van der Waals surface area (Å²) in [7, 11) is 0. The van der Waals surface area contributed by atoms with E-state index in [0.29, 0.717) is 17.6 Å². The van der Waals surface area contributed by atoms with Crippen molar-refractivity contribution >= 4 is 43.6 Å². The highest BCUT2D eigenvalue weighted by molar-refractivity contribution is 6.20. The van der Waals surface area contributed by atoms with Crippen LogP contribution in [-0.2, 0) is 0 Å². The third-order valence-corrected chi connectivity index (χ3v) is 9.47. The number of fused-ring (bicyclic) bond motifs is 6. The van der Waals surface area contributed by atoms with Crippen LogP contribution in [0.4, 0.5) is 0 Å². The molecule has 234 valence electrons. The van der Waals surface area contributed by atoms with E-state index in [0.717, 1.165) is 66.2 Å². The van der Waals surface area contributed by atoms with Crippen LogP contribution in [0.15, 0.2) is 170 Å². The normalized spacial score (nSPS) is 11.6.